The average Bonchev–Trinajstić information content (AvgIpc) is 2.25. The van der Waals surface area contributed by atoms with Gasteiger partial charge in [0, 0.05) is 6.54 Å². The molecule has 1 fully saturated rings. The summed E-state index contributed by atoms with van der Waals surface area (Å²) in [6, 6.07) is 1.55. The second-order valence-electron chi connectivity index (χ2n) is 4.23. The lowest BCUT2D eigenvalue weighted by molar-refractivity contribution is -0.0202. The molecule has 0 saturated heterocycles. The van der Waals surface area contributed by atoms with Crippen LogP contribution < -0.4 is 16.6 Å². The standard InChI is InChI=1S/C10H14Cl2N4O/c11-6-4-7(12)9(16-13)15-8(6)14-5-10(17)2-1-3-10/h4,17H,1-3,5,13H2,(H2,14,15,16). The Morgan fingerprint density at radius 3 is 2.53 bits per heavy atom. The Morgan fingerprint density at radius 2 is 2.00 bits per heavy atom. The maximum absolute atomic E-state index is 9.94. The monoisotopic (exact) mass is 276 g/mol. The first-order valence-corrected chi connectivity index (χ1v) is 6.08. The fourth-order valence-corrected chi connectivity index (χ4v) is 2.18. The van der Waals surface area contributed by atoms with Gasteiger partial charge in [-0.05, 0) is 25.3 Å². The quantitative estimate of drug-likeness (QED) is 0.500. The molecule has 7 heteroatoms. The minimum atomic E-state index is -0.638. The molecule has 1 aromatic heterocycles. The normalized spacial score (nSPS) is 17.4. The van der Waals surface area contributed by atoms with Crippen molar-refractivity contribution in [3.8, 4) is 0 Å². The van der Waals surface area contributed by atoms with E-state index in [1.807, 2.05) is 0 Å². The van der Waals surface area contributed by atoms with Crippen LogP contribution in [-0.2, 0) is 0 Å². The highest BCUT2D eigenvalue weighted by molar-refractivity contribution is 6.37. The summed E-state index contributed by atoms with van der Waals surface area (Å²) in [5.41, 5.74) is 1.75. The molecule has 0 spiro atoms. The van der Waals surface area contributed by atoms with Crippen LogP contribution in [0.2, 0.25) is 10.0 Å². The van der Waals surface area contributed by atoms with E-state index in [0.29, 0.717) is 28.2 Å². The molecule has 1 aliphatic rings. The smallest absolute Gasteiger partial charge is 0.161 e. The van der Waals surface area contributed by atoms with Crippen molar-refractivity contribution in [2.45, 2.75) is 24.9 Å². The molecule has 5 N–H and O–H groups in total. The molecule has 2 rings (SSSR count). The van der Waals surface area contributed by atoms with Crippen LogP contribution in [0.1, 0.15) is 19.3 Å². The molecular formula is C10H14Cl2N4O. The minimum absolute atomic E-state index is 0.346. The van der Waals surface area contributed by atoms with E-state index in [9.17, 15) is 5.11 Å². The highest BCUT2D eigenvalue weighted by Gasteiger charge is 2.34. The van der Waals surface area contributed by atoms with Crippen molar-refractivity contribution >= 4 is 34.8 Å². The fraction of sp³-hybridized carbons (Fsp3) is 0.500. The van der Waals surface area contributed by atoms with Crippen molar-refractivity contribution in [2.24, 2.45) is 5.84 Å². The number of hydrazine groups is 1. The van der Waals surface area contributed by atoms with E-state index in [-0.39, 0.29) is 0 Å². The van der Waals surface area contributed by atoms with Crippen molar-refractivity contribution in [2.75, 3.05) is 17.3 Å². The molecule has 94 valence electrons. The zero-order valence-corrected chi connectivity index (χ0v) is 10.6. The maximum atomic E-state index is 9.94. The van der Waals surface area contributed by atoms with Gasteiger partial charge in [-0.2, -0.15) is 0 Å². The first-order chi connectivity index (χ1) is 8.04. The van der Waals surface area contributed by atoms with Gasteiger partial charge in [-0.15, -0.1) is 0 Å². The van der Waals surface area contributed by atoms with Gasteiger partial charge in [0.05, 0.1) is 15.6 Å². The summed E-state index contributed by atoms with van der Waals surface area (Å²) < 4.78 is 0. The number of nitrogens with two attached hydrogens (primary N) is 1. The van der Waals surface area contributed by atoms with Crippen molar-refractivity contribution in [3.63, 3.8) is 0 Å². The minimum Gasteiger partial charge on any atom is -0.388 e. The van der Waals surface area contributed by atoms with Crippen molar-refractivity contribution in [1.29, 1.82) is 0 Å². The van der Waals surface area contributed by atoms with E-state index >= 15 is 0 Å². The van der Waals surface area contributed by atoms with Gasteiger partial charge in [-0.1, -0.05) is 23.2 Å². The van der Waals surface area contributed by atoms with Crippen LogP contribution >= 0.6 is 23.2 Å². The van der Waals surface area contributed by atoms with E-state index in [0.717, 1.165) is 19.3 Å². The van der Waals surface area contributed by atoms with E-state index in [2.05, 4.69) is 15.7 Å². The molecule has 1 heterocycles. The van der Waals surface area contributed by atoms with Gasteiger partial charge in [-0.25, -0.2) is 10.8 Å². The van der Waals surface area contributed by atoms with Crippen molar-refractivity contribution in [1.82, 2.24) is 4.98 Å². The Labute approximate surface area is 109 Å². The summed E-state index contributed by atoms with van der Waals surface area (Å²) in [6.45, 7) is 0.422. The first-order valence-electron chi connectivity index (χ1n) is 5.33. The lowest BCUT2D eigenvalue weighted by Crippen LogP contribution is -2.43. The van der Waals surface area contributed by atoms with Gasteiger partial charge in [0.25, 0.3) is 0 Å². The maximum Gasteiger partial charge on any atom is 0.161 e. The molecule has 1 saturated carbocycles. The molecule has 17 heavy (non-hydrogen) atoms. The Morgan fingerprint density at radius 1 is 1.35 bits per heavy atom. The lowest BCUT2D eigenvalue weighted by Gasteiger charge is -2.36. The van der Waals surface area contributed by atoms with E-state index in [4.69, 9.17) is 29.0 Å². The van der Waals surface area contributed by atoms with Gasteiger partial charge in [0.2, 0.25) is 0 Å². The number of aliphatic hydroxyl groups is 1. The van der Waals surface area contributed by atoms with Crippen LogP contribution in [0.4, 0.5) is 11.6 Å². The number of halogens is 2. The topological polar surface area (TPSA) is 83.2 Å². The number of pyridine rings is 1. The van der Waals surface area contributed by atoms with Crippen LogP contribution in [0.5, 0.6) is 0 Å². The molecule has 0 atom stereocenters. The predicted octanol–water partition coefficient (Wildman–Crippen LogP) is 2.00. The zero-order valence-electron chi connectivity index (χ0n) is 9.13. The molecule has 0 bridgehead atoms. The summed E-state index contributed by atoms with van der Waals surface area (Å²) >= 11 is 11.9. The molecule has 0 radical (unpaired) electrons. The number of nitrogen functional groups attached to an aromatic ring is 1. The summed E-state index contributed by atoms with van der Waals surface area (Å²) in [7, 11) is 0. The lowest BCUT2D eigenvalue weighted by atomic mass is 9.80. The van der Waals surface area contributed by atoms with Crippen LogP contribution in [0.15, 0.2) is 6.07 Å². The molecule has 1 aliphatic carbocycles. The van der Waals surface area contributed by atoms with Crippen LogP contribution in [0.25, 0.3) is 0 Å². The highest BCUT2D eigenvalue weighted by Crippen LogP contribution is 2.33. The molecule has 0 aliphatic heterocycles. The van der Waals surface area contributed by atoms with Crippen molar-refractivity contribution in [3.05, 3.63) is 16.1 Å². The Kier molecular flexibility index (Phi) is 3.63. The second kappa shape index (κ2) is 4.86. The van der Waals surface area contributed by atoms with E-state index in [1.165, 1.54) is 0 Å². The number of rotatable bonds is 4. The first kappa shape index (κ1) is 12.7. The number of hydrogen-bond acceptors (Lipinski definition) is 5. The average molecular weight is 277 g/mol. The van der Waals surface area contributed by atoms with Crippen molar-refractivity contribution < 1.29 is 5.11 Å². The molecular weight excluding hydrogens is 263 g/mol. The Balaban J connectivity index is 2.09. The summed E-state index contributed by atoms with van der Waals surface area (Å²) in [4.78, 5) is 4.13. The predicted molar refractivity (Wildman–Crippen MR) is 69.4 cm³/mol. The SMILES string of the molecule is NNc1nc(NCC2(O)CCC2)c(Cl)cc1Cl. The molecule has 0 amide bonds. The molecule has 0 aromatic carbocycles. The third-order valence-corrected chi connectivity index (χ3v) is 3.51. The number of nitrogens with one attached hydrogen (secondary N) is 2. The van der Waals surface area contributed by atoms with Crippen LogP contribution in [-0.4, -0.2) is 22.2 Å². The van der Waals surface area contributed by atoms with Gasteiger partial charge in [0.1, 0.15) is 5.82 Å². The van der Waals surface area contributed by atoms with Crippen LogP contribution in [0, 0.1) is 0 Å². The van der Waals surface area contributed by atoms with Gasteiger partial charge in [0.15, 0.2) is 5.82 Å². The summed E-state index contributed by atoms with van der Waals surface area (Å²) in [5.74, 6) is 6.08. The third-order valence-electron chi connectivity index (χ3n) is 2.94. The largest absolute Gasteiger partial charge is 0.388 e. The molecule has 1 aromatic rings. The third kappa shape index (κ3) is 2.74. The number of nitrogens with zero attached hydrogens (tertiary/aromatic N) is 1. The van der Waals surface area contributed by atoms with E-state index in [1.54, 1.807) is 6.07 Å². The fourth-order valence-electron chi connectivity index (χ4n) is 1.70. The zero-order chi connectivity index (χ0) is 12.5. The van der Waals surface area contributed by atoms with Gasteiger partial charge >= 0.3 is 0 Å². The van der Waals surface area contributed by atoms with E-state index < -0.39 is 5.60 Å². The summed E-state index contributed by atoms with van der Waals surface area (Å²) in [5, 5.41) is 13.7. The number of hydrogen-bond donors (Lipinski definition) is 4. The number of aromatic nitrogens is 1. The van der Waals surface area contributed by atoms with Crippen LogP contribution in [0.3, 0.4) is 0 Å². The van der Waals surface area contributed by atoms with Gasteiger partial charge in [-0.3, -0.25) is 0 Å². The highest BCUT2D eigenvalue weighted by atomic mass is 35.5. The Bertz CT molecular complexity index is 423. The Hall–Kier alpha value is -0.750. The molecule has 5 nitrogen and oxygen atoms in total. The van der Waals surface area contributed by atoms with Gasteiger partial charge < -0.3 is 15.8 Å². The molecule has 0 unspecified atom stereocenters. The number of anilines is 2. The summed E-state index contributed by atoms with van der Waals surface area (Å²) in [6.07, 6.45) is 2.65. The second-order valence-corrected chi connectivity index (χ2v) is 5.04.